The van der Waals surface area contributed by atoms with Crippen LogP contribution in [0.15, 0.2) is 18.2 Å². The molecule has 0 spiro atoms. The maximum Gasteiger partial charge on any atom is 0.101 e. The molecule has 17 heavy (non-hydrogen) atoms. The fourth-order valence-corrected chi connectivity index (χ4v) is 2.21. The lowest BCUT2D eigenvalue weighted by Crippen LogP contribution is -2.56. The average molecular weight is 230 g/mol. The van der Waals surface area contributed by atoms with Crippen molar-refractivity contribution < 1.29 is 5.11 Å². The molecule has 0 heterocycles. The molecule has 0 amide bonds. The van der Waals surface area contributed by atoms with Gasteiger partial charge in [0.15, 0.2) is 0 Å². The molecule has 0 aliphatic heterocycles. The van der Waals surface area contributed by atoms with Crippen LogP contribution >= 0.6 is 0 Å². The number of aryl methyl sites for hydroxylation is 1. The molecule has 2 unspecified atom stereocenters. The number of rotatable bonds is 2. The number of aliphatic hydroxyl groups is 1. The Morgan fingerprint density at radius 1 is 1.47 bits per heavy atom. The van der Waals surface area contributed by atoms with Crippen molar-refractivity contribution in [2.75, 3.05) is 5.32 Å². The number of nitriles is 1. The Hall–Kier alpha value is -1.53. The smallest absolute Gasteiger partial charge is 0.101 e. The lowest BCUT2D eigenvalue weighted by Gasteiger charge is -2.50. The second kappa shape index (κ2) is 4.05. The highest BCUT2D eigenvalue weighted by Gasteiger charge is 2.47. The third-order valence-corrected chi connectivity index (χ3v) is 3.84. The van der Waals surface area contributed by atoms with Gasteiger partial charge in [-0.05, 0) is 31.0 Å². The van der Waals surface area contributed by atoms with E-state index in [1.54, 1.807) is 0 Å². The van der Waals surface area contributed by atoms with E-state index in [-0.39, 0.29) is 17.6 Å². The summed E-state index contributed by atoms with van der Waals surface area (Å²) in [6.07, 6.45) is 0.488. The lowest BCUT2D eigenvalue weighted by molar-refractivity contribution is -0.0510. The topological polar surface area (TPSA) is 56.0 Å². The molecule has 1 aliphatic rings. The predicted molar refractivity (Wildman–Crippen MR) is 67.7 cm³/mol. The number of benzene rings is 1. The SMILES string of the molecule is Cc1ccc(NC2CC(O)C2(C)C)c(C#N)c1. The minimum Gasteiger partial charge on any atom is -0.392 e. The Balaban J connectivity index is 2.18. The summed E-state index contributed by atoms with van der Waals surface area (Å²) in [5, 5.41) is 22.1. The van der Waals surface area contributed by atoms with Crippen LogP contribution in [0.1, 0.15) is 31.4 Å². The molecule has 3 nitrogen and oxygen atoms in total. The zero-order valence-corrected chi connectivity index (χ0v) is 10.5. The van der Waals surface area contributed by atoms with Crippen LogP contribution in [0.3, 0.4) is 0 Å². The summed E-state index contributed by atoms with van der Waals surface area (Å²) in [4.78, 5) is 0. The van der Waals surface area contributed by atoms with Gasteiger partial charge < -0.3 is 10.4 Å². The first-order chi connectivity index (χ1) is 7.95. The predicted octanol–water partition coefficient (Wildman–Crippen LogP) is 2.44. The second-order valence-electron chi connectivity index (χ2n) is 5.43. The third-order valence-electron chi connectivity index (χ3n) is 3.84. The minimum atomic E-state index is -0.254. The number of anilines is 1. The lowest BCUT2D eigenvalue weighted by atomic mass is 9.64. The zero-order chi connectivity index (χ0) is 12.6. The van der Waals surface area contributed by atoms with Crippen molar-refractivity contribution in [3.63, 3.8) is 0 Å². The van der Waals surface area contributed by atoms with Crippen molar-refractivity contribution in [2.24, 2.45) is 5.41 Å². The molecule has 2 rings (SSSR count). The van der Waals surface area contributed by atoms with Gasteiger partial charge >= 0.3 is 0 Å². The van der Waals surface area contributed by atoms with Crippen molar-refractivity contribution in [2.45, 2.75) is 39.3 Å². The van der Waals surface area contributed by atoms with Crippen molar-refractivity contribution in [1.82, 2.24) is 0 Å². The van der Waals surface area contributed by atoms with Gasteiger partial charge in [0.1, 0.15) is 6.07 Å². The van der Waals surface area contributed by atoms with E-state index in [0.29, 0.717) is 5.56 Å². The van der Waals surface area contributed by atoms with Gasteiger partial charge in [-0.25, -0.2) is 0 Å². The summed E-state index contributed by atoms with van der Waals surface area (Å²) in [5.41, 5.74) is 2.49. The molecular formula is C14H18N2O. The summed E-state index contributed by atoms with van der Waals surface area (Å²) in [7, 11) is 0. The van der Waals surface area contributed by atoms with Crippen molar-refractivity contribution in [1.29, 1.82) is 5.26 Å². The largest absolute Gasteiger partial charge is 0.392 e. The standard InChI is InChI=1S/C14H18N2O/c1-9-4-5-11(10(6-9)8-15)16-12-7-13(17)14(12,2)3/h4-6,12-13,16-17H,7H2,1-3H3. The third kappa shape index (κ3) is 2.01. The molecule has 1 aliphatic carbocycles. The van der Waals surface area contributed by atoms with Crippen LogP contribution in [0.4, 0.5) is 5.69 Å². The summed E-state index contributed by atoms with van der Waals surface area (Å²) >= 11 is 0. The molecule has 90 valence electrons. The number of hydrogen-bond donors (Lipinski definition) is 2. The molecule has 0 aromatic heterocycles. The number of nitrogens with zero attached hydrogens (tertiary/aromatic N) is 1. The van der Waals surface area contributed by atoms with E-state index in [2.05, 4.69) is 11.4 Å². The summed E-state index contributed by atoms with van der Waals surface area (Å²) in [6.45, 7) is 6.06. The van der Waals surface area contributed by atoms with Crippen molar-refractivity contribution >= 4 is 5.69 Å². The van der Waals surface area contributed by atoms with Crippen LogP contribution in [0.25, 0.3) is 0 Å². The van der Waals surface area contributed by atoms with Crippen LogP contribution in [0.5, 0.6) is 0 Å². The first-order valence-electron chi connectivity index (χ1n) is 5.90. The van der Waals surface area contributed by atoms with E-state index in [9.17, 15) is 5.11 Å². The van der Waals surface area contributed by atoms with Gasteiger partial charge in [-0.15, -0.1) is 0 Å². The van der Waals surface area contributed by atoms with Crippen LogP contribution in [0, 0.1) is 23.7 Å². The average Bonchev–Trinajstić information content (AvgIpc) is 2.30. The van der Waals surface area contributed by atoms with E-state index in [1.165, 1.54) is 0 Å². The van der Waals surface area contributed by atoms with Gasteiger partial charge in [-0.3, -0.25) is 0 Å². The Bertz CT molecular complexity index is 474. The molecule has 1 saturated carbocycles. The second-order valence-corrected chi connectivity index (χ2v) is 5.43. The molecule has 3 heteroatoms. The molecule has 0 radical (unpaired) electrons. The quantitative estimate of drug-likeness (QED) is 0.820. The summed E-state index contributed by atoms with van der Waals surface area (Å²) < 4.78 is 0. The maximum atomic E-state index is 9.69. The fraction of sp³-hybridized carbons (Fsp3) is 0.500. The Kier molecular flexibility index (Phi) is 2.84. The van der Waals surface area contributed by atoms with Gasteiger partial charge in [-0.1, -0.05) is 19.9 Å². The van der Waals surface area contributed by atoms with Gasteiger partial charge in [0, 0.05) is 11.5 Å². The Morgan fingerprint density at radius 3 is 2.71 bits per heavy atom. The molecule has 1 aromatic carbocycles. The monoisotopic (exact) mass is 230 g/mol. The molecule has 1 aromatic rings. The molecule has 0 bridgehead atoms. The van der Waals surface area contributed by atoms with Gasteiger partial charge in [0.25, 0.3) is 0 Å². The zero-order valence-electron chi connectivity index (χ0n) is 10.5. The molecule has 2 N–H and O–H groups in total. The number of hydrogen-bond acceptors (Lipinski definition) is 3. The van der Waals surface area contributed by atoms with E-state index in [1.807, 2.05) is 39.0 Å². The Labute approximate surface area is 102 Å². The van der Waals surface area contributed by atoms with Gasteiger partial charge in [0.05, 0.1) is 17.4 Å². The summed E-state index contributed by atoms with van der Waals surface area (Å²) in [5.74, 6) is 0. The first-order valence-corrected chi connectivity index (χ1v) is 5.90. The highest BCUT2D eigenvalue weighted by molar-refractivity contribution is 5.59. The molecule has 2 atom stereocenters. The van der Waals surface area contributed by atoms with Gasteiger partial charge in [0.2, 0.25) is 0 Å². The van der Waals surface area contributed by atoms with E-state index >= 15 is 0 Å². The highest BCUT2D eigenvalue weighted by Crippen LogP contribution is 2.42. The van der Waals surface area contributed by atoms with Crippen LogP contribution in [-0.2, 0) is 0 Å². The van der Waals surface area contributed by atoms with Gasteiger partial charge in [-0.2, -0.15) is 5.26 Å². The molecular weight excluding hydrogens is 212 g/mol. The first kappa shape index (κ1) is 11.9. The van der Waals surface area contributed by atoms with Crippen LogP contribution < -0.4 is 5.32 Å². The van der Waals surface area contributed by atoms with E-state index < -0.39 is 0 Å². The normalized spacial score (nSPS) is 25.8. The summed E-state index contributed by atoms with van der Waals surface area (Å²) in [6, 6.07) is 8.24. The van der Waals surface area contributed by atoms with Crippen molar-refractivity contribution in [3.05, 3.63) is 29.3 Å². The number of nitrogens with one attached hydrogen (secondary N) is 1. The van der Waals surface area contributed by atoms with Crippen molar-refractivity contribution in [3.8, 4) is 6.07 Å². The van der Waals surface area contributed by atoms with E-state index in [0.717, 1.165) is 17.7 Å². The fourth-order valence-electron chi connectivity index (χ4n) is 2.21. The van der Waals surface area contributed by atoms with E-state index in [4.69, 9.17) is 5.26 Å². The molecule has 1 fully saturated rings. The number of aliphatic hydroxyl groups excluding tert-OH is 1. The minimum absolute atomic E-state index is 0.127. The molecule has 0 saturated heterocycles. The van der Waals surface area contributed by atoms with Crippen LogP contribution in [0.2, 0.25) is 0 Å². The highest BCUT2D eigenvalue weighted by atomic mass is 16.3. The Morgan fingerprint density at radius 2 is 2.18 bits per heavy atom. The van der Waals surface area contributed by atoms with Crippen LogP contribution in [-0.4, -0.2) is 17.3 Å². The maximum absolute atomic E-state index is 9.69.